The maximum Gasteiger partial charge on any atom is 0.222 e. The van der Waals surface area contributed by atoms with Gasteiger partial charge >= 0.3 is 0 Å². The SMILES string of the molecule is CC(C)C(=O)NCC(O)c1ccc(N)cc1. The van der Waals surface area contributed by atoms with Gasteiger partial charge in [-0.15, -0.1) is 0 Å². The Morgan fingerprint density at radius 1 is 1.38 bits per heavy atom. The second kappa shape index (κ2) is 5.51. The Hall–Kier alpha value is -1.55. The molecule has 1 aromatic rings. The van der Waals surface area contributed by atoms with E-state index < -0.39 is 6.10 Å². The maximum absolute atomic E-state index is 11.3. The molecule has 0 aliphatic heterocycles. The number of nitrogens with one attached hydrogen (secondary N) is 1. The third kappa shape index (κ3) is 3.55. The van der Waals surface area contributed by atoms with E-state index in [0.29, 0.717) is 5.69 Å². The number of hydrogen-bond acceptors (Lipinski definition) is 3. The third-order valence-corrected chi connectivity index (χ3v) is 2.32. The Morgan fingerprint density at radius 3 is 2.44 bits per heavy atom. The smallest absolute Gasteiger partial charge is 0.222 e. The van der Waals surface area contributed by atoms with Crippen molar-refractivity contribution in [2.75, 3.05) is 12.3 Å². The Bertz CT molecular complexity index is 347. The molecule has 0 heterocycles. The zero-order chi connectivity index (χ0) is 12.1. The van der Waals surface area contributed by atoms with Gasteiger partial charge in [0.25, 0.3) is 0 Å². The number of aliphatic hydroxyl groups excluding tert-OH is 1. The lowest BCUT2D eigenvalue weighted by Crippen LogP contribution is -2.31. The number of aliphatic hydroxyl groups is 1. The summed E-state index contributed by atoms with van der Waals surface area (Å²) >= 11 is 0. The first kappa shape index (κ1) is 12.5. The highest BCUT2D eigenvalue weighted by atomic mass is 16.3. The Kier molecular flexibility index (Phi) is 4.31. The van der Waals surface area contributed by atoms with Gasteiger partial charge in [0, 0.05) is 18.2 Å². The number of carbonyl (C=O) groups excluding carboxylic acids is 1. The molecule has 0 spiro atoms. The Labute approximate surface area is 95.5 Å². The van der Waals surface area contributed by atoms with Crippen molar-refractivity contribution in [2.24, 2.45) is 5.92 Å². The normalized spacial score (nSPS) is 12.5. The molecule has 16 heavy (non-hydrogen) atoms. The van der Waals surface area contributed by atoms with Crippen molar-refractivity contribution in [2.45, 2.75) is 20.0 Å². The molecule has 0 aliphatic carbocycles. The van der Waals surface area contributed by atoms with Gasteiger partial charge in [0.1, 0.15) is 0 Å². The van der Waals surface area contributed by atoms with Crippen molar-refractivity contribution >= 4 is 11.6 Å². The summed E-state index contributed by atoms with van der Waals surface area (Å²) in [5.74, 6) is -0.131. The summed E-state index contributed by atoms with van der Waals surface area (Å²) in [6.07, 6.45) is -0.691. The minimum absolute atomic E-state index is 0.0607. The Morgan fingerprint density at radius 2 is 1.94 bits per heavy atom. The summed E-state index contributed by atoms with van der Waals surface area (Å²) in [4.78, 5) is 11.3. The van der Waals surface area contributed by atoms with E-state index in [4.69, 9.17) is 5.73 Å². The van der Waals surface area contributed by atoms with Gasteiger partial charge in [-0.1, -0.05) is 26.0 Å². The highest BCUT2D eigenvalue weighted by Crippen LogP contribution is 2.13. The number of benzene rings is 1. The molecule has 0 radical (unpaired) electrons. The number of nitrogens with two attached hydrogens (primary N) is 1. The monoisotopic (exact) mass is 222 g/mol. The largest absolute Gasteiger partial charge is 0.399 e. The topological polar surface area (TPSA) is 75.3 Å². The summed E-state index contributed by atoms with van der Waals surface area (Å²) in [6.45, 7) is 3.84. The van der Waals surface area contributed by atoms with Crippen molar-refractivity contribution in [3.05, 3.63) is 29.8 Å². The second-order valence-corrected chi connectivity index (χ2v) is 4.08. The lowest BCUT2D eigenvalue weighted by atomic mass is 10.1. The van der Waals surface area contributed by atoms with Gasteiger partial charge in [-0.25, -0.2) is 0 Å². The minimum atomic E-state index is -0.691. The molecule has 1 aromatic carbocycles. The minimum Gasteiger partial charge on any atom is -0.399 e. The molecular formula is C12H18N2O2. The predicted octanol–water partition coefficient (Wildman–Crippen LogP) is 1.07. The summed E-state index contributed by atoms with van der Waals surface area (Å²) in [7, 11) is 0. The van der Waals surface area contributed by atoms with Crippen LogP contribution in [0.15, 0.2) is 24.3 Å². The average Bonchev–Trinajstić information content (AvgIpc) is 2.26. The molecule has 0 aliphatic rings. The highest BCUT2D eigenvalue weighted by molar-refractivity contribution is 5.77. The van der Waals surface area contributed by atoms with Crippen LogP contribution in [0.2, 0.25) is 0 Å². The molecule has 0 bridgehead atoms. The Balaban J connectivity index is 2.49. The third-order valence-electron chi connectivity index (χ3n) is 2.32. The fraction of sp³-hybridized carbons (Fsp3) is 0.417. The van der Waals surface area contributed by atoms with Gasteiger partial charge in [0.15, 0.2) is 0 Å². The molecule has 1 amide bonds. The molecule has 0 saturated heterocycles. The van der Waals surface area contributed by atoms with Crippen LogP contribution in [0, 0.1) is 5.92 Å². The molecule has 1 unspecified atom stereocenters. The van der Waals surface area contributed by atoms with Crippen molar-refractivity contribution < 1.29 is 9.90 Å². The second-order valence-electron chi connectivity index (χ2n) is 4.08. The standard InChI is InChI=1S/C12H18N2O2/c1-8(2)12(16)14-7-11(15)9-3-5-10(13)6-4-9/h3-6,8,11,15H,7,13H2,1-2H3,(H,14,16). The number of nitrogen functional groups attached to an aromatic ring is 1. The number of carbonyl (C=O) groups is 1. The number of anilines is 1. The zero-order valence-electron chi connectivity index (χ0n) is 9.60. The van der Waals surface area contributed by atoms with E-state index in [1.54, 1.807) is 24.3 Å². The molecule has 1 atom stereocenters. The molecule has 0 aromatic heterocycles. The first-order valence-corrected chi connectivity index (χ1v) is 5.32. The summed E-state index contributed by atoms with van der Waals surface area (Å²) in [5.41, 5.74) is 6.94. The number of amides is 1. The van der Waals surface area contributed by atoms with Gasteiger partial charge in [0.05, 0.1) is 6.10 Å². The highest BCUT2D eigenvalue weighted by Gasteiger charge is 2.11. The number of rotatable bonds is 4. The van der Waals surface area contributed by atoms with Gasteiger partial charge < -0.3 is 16.2 Å². The molecular weight excluding hydrogens is 204 g/mol. The molecule has 4 nitrogen and oxygen atoms in total. The van der Waals surface area contributed by atoms with E-state index in [-0.39, 0.29) is 18.4 Å². The number of hydrogen-bond donors (Lipinski definition) is 3. The molecule has 4 heteroatoms. The molecule has 1 rings (SSSR count). The van der Waals surface area contributed by atoms with E-state index in [1.807, 2.05) is 13.8 Å². The van der Waals surface area contributed by atoms with Crippen LogP contribution in [0.1, 0.15) is 25.5 Å². The average molecular weight is 222 g/mol. The van der Waals surface area contributed by atoms with Gasteiger partial charge in [0.2, 0.25) is 5.91 Å². The molecule has 0 fully saturated rings. The van der Waals surface area contributed by atoms with Crippen LogP contribution in [-0.2, 0) is 4.79 Å². The summed E-state index contributed by atoms with van der Waals surface area (Å²) in [5, 5.41) is 12.5. The van der Waals surface area contributed by atoms with Crippen LogP contribution in [0.5, 0.6) is 0 Å². The van der Waals surface area contributed by atoms with Gasteiger partial charge in [-0.3, -0.25) is 4.79 Å². The van der Waals surface area contributed by atoms with Crippen LogP contribution >= 0.6 is 0 Å². The predicted molar refractivity (Wildman–Crippen MR) is 63.7 cm³/mol. The van der Waals surface area contributed by atoms with Gasteiger partial charge in [-0.05, 0) is 17.7 Å². The summed E-state index contributed by atoms with van der Waals surface area (Å²) < 4.78 is 0. The molecule has 88 valence electrons. The first-order chi connectivity index (χ1) is 7.50. The van der Waals surface area contributed by atoms with Crippen LogP contribution < -0.4 is 11.1 Å². The van der Waals surface area contributed by atoms with Crippen LogP contribution in [-0.4, -0.2) is 17.6 Å². The van der Waals surface area contributed by atoms with Crippen molar-refractivity contribution in [3.63, 3.8) is 0 Å². The van der Waals surface area contributed by atoms with Crippen LogP contribution in [0.3, 0.4) is 0 Å². The fourth-order valence-electron chi connectivity index (χ4n) is 1.24. The lowest BCUT2D eigenvalue weighted by molar-refractivity contribution is -0.124. The quantitative estimate of drug-likeness (QED) is 0.667. The fourth-order valence-corrected chi connectivity index (χ4v) is 1.24. The lowest BCUT2D eigenvalue weighted by Gasteiger charge is -2.13. The first-order valence-electron chi connectivity index (χ1n) is 5.32. The van der Waals surface area contributed by atoms with Crippen molar-refractivity contribution in [1.82, 2.24) is 5.32 Å². The van der Waals surface area contributed by atoms with E-state index in [0.717, 1.165) is 5.56 Å². The van der Waals surface area contributed by atoms with E-state index >= 15 is 0 Å². The van der Waals surface area contributed by atoms with Crippen molar-refractivity contribution in [3.8, 4) is 0 Å². The van der Waals surface area contributed by atoms with E-state index in [2.05, 4.69) is 5.32 Å². The maximum atomic E-state index is 11.3. The zero-order valence-corrected chi connectivity index (χ0v) is 9.60. The molecule has 4 N–H and O–H groups in total. The van der Waals surface area contributed by atoms with Crippen LogP contribution in [0.4, 0.5) is 5.69 Å². The van der Waals surface area contributed by atoms with Crippen LogP contribution in [0.25, 0.3) is 0 Å². The van der Waals surface area contributed by atoms with E-state index in [9.17, 15) is 9.90 Å². The van der Waals surface area contributed by atoms with Gasteiger partial charge in [-0.2, -0.15) is 0 Å². The van der Waals surface area contributed by atoms with E-state index in [1.165, 1.54) is 0 Å². The van der Waals surface area contributed by atoms with Crippen molar-refractivity contribution in [1.29, 1.82) is 0 Å². The molecule has 0 saturated carbocycles. The summed E-state index contributed by atoms with van der Waals surface area (Å²) in [6, 6.07) is 6.95.